The van der Waals surface area contributed by atoms with Crippen LogP contribution in [0.1, 0.15) is 56.8 Å². The van der Waals surface area contributed by atoms with Crippen molar-refractivity contribution in [3.05, 3.63) is 11.7 Å². The van der Waals surface area contributed by atoms with Gasteiger partial charge in [-0.25, -0.2) is 0 Å². The SMILES string of the molecule is Cc1noc(C(C)N2CCN(C(=O)CCCCCCN)CC2)n1.Cl.Cl. The highest BCUT2D eigenvalue weighted by molar-refractivity contribution is 5.85. The average Bonchev–Trinajstić information content (AvgIpc) is 3.00. The predicted molar refractivity (Wildman–Crippen MR) is 102 cm³/mol. The highest BCUT2D eigenvalue weighted by Crippen LogP contribution is 2.20. The minimum absolute atomic E-state index is 0. The smallest absolute Gasteiger partial charge is 0.243 e. The first-order valence-corrected chi connectivity index (χ1v) is 8.64. The average molecular weight is 396 g/mol. The number of nitrogens with two attached hydrogens (primary N) is 1. The number of amides is 1. The second-order valence-corrected chi connectivity index (χ2v) is 6.23. The largest absolute Gasteiger partial charge is 0.340 e. The predicted octanol–water partition coefficient (Wildman–Crippen LogP) is 2.34. The Morgan fingerprint density at radius 3 is 2.36 bits per heavy atom. The summed E-state index contributed by atoms with van der Waals surface area (Å²) in [5.41, 5.74) is 5.47. The van der Waals surface area contributed by atoms with Gasteiger partial charge in [-0.2, -0.15) is 4.98 Å². The third-order valence-corrected chi connectivity index (χ3v) is 4.46. The van der Waals surface area contributed by atoms with Crippen molar-refractivity contribution in [2.24, 2.45) is 5.73 Å². The quantitative estimate of drug-likeness (QED) is 0.679. The van der Waals surface area contributed by atoms with E-state index in [-0.39, 0.29) is 36.8 Å². The van der Waals surface area contributed by atoms with E-state index in [2.05, 4.69) is 22.0 Å². The summed E-state index contributed by atoms with van der Waals surface area (Å²) in [6, 6.07) is 0.102. The summed E-state index contributed by atoms with van der Waals surface area (Å²) in [5, 5.41) is 3.85. The van der Waals surface area contributed by atoms with Gasteiger partial charge in [0.25, 0.3) is 0 Å². The maximum absolute atomic E-state index is 12.2. The Morgan fingerprint density at radius 1 is 1.16 bits per heavy atom. The van der Waals surface area contributed by atoms with E-state index in [1.807, 2.05) is 11.8 Å². The molecule has 1 saturated heterocycles. The maximum Gasteiger partial charge on any atom is 0.243 e. The molecular weight excluding hydrogens is 365 g/mol. The van der Waals surface area contributed by atoms with Crippen LogP contribution in [0.3, 0.4) is 0 Å². The lowest BCUT2D eigenvalue weighted by Crippen LogP contribution is -2.49. The number of aromatic nitrogens is 2. The molecule has 1 aromatic heterocycles. The van der Waals surface area contributed by atoms with Gasteiger partial charge in [-0.15, -0.1) is 24.8 Å². The summed E-state index contributed by atoms with van der Waals surface area (Å²) in [4.78, 5) is 20.8. The third-order valence-electron chi connectivity index (χ3n) is 4.46. The van der Waals surface area contributed by atoms with Crippen LogP contribution in [0.15, 0.2) is 4.52 Å². The minimum Gasteiger partial charge on any atom is -0.340 e. The zero-order valence-corrected chi connectivity index (χ0v) is 16.8. The fraction of sp³-hybridized carbons (Fsp3) is 0.812. The molecule has 0 saturated carbocycles. The first-order chi connectivity index (χ1) is 11.1. The zero-order valence-electron chi connectivity index (χ0n) is 15.1. The molecule has 0 radical (unpaired) electrons. The number of carbonyl (C=O) groups is 1. The van der Waals surface area contributed by atoms with Crippen LogP contribution in [0.25, 0.3) is 0 Å². The van der Waals surface area contributed by atoms with E-state index < -0.39 is 0 Å². The molecule has 2 rings (SSSR count). The van der Waals surface area contributed by atoms with E-state index in [1.54, 1.807) is 0 Å². The molecule has 0 bridgehead atoms. The Bertz CT molecular complexity index is 493. The number of unbranched alkanes of at least 4 members (excludes halogenated alkanes) is 3. The lowest BCUT2D eigenvalue weighted by atomic mass is 10.1. The van der Waals surface area contributed by atoms with E-state index in [0.29, 0.717) is 18.1 Å². The van der Waals surface area contributed by atoms with Gasteiger partial charge in [0.1, 0.15) is 0 Å². The Hall–Kier alpha value is -0.890. The zero-order chi connectivity index (χ0) is 16.7. The summed E-state index contributed by atoms with van der Waals surface area (Å²) >= 11 is 0. The summed E-state index contributed by atoms with van der Waals surface area (Å²) < 4.78 is 5.25. The molecule has 9 heteroatoms. The van der Waals surface area contributed by atoms with Crippen LogP contribution in [0, 0.1) is 6.92 Å². The van der Waals surface area contributed by atoms with Crippen molar-refractivity contribution in [1.82, 2.24) is 19.9 Å². The standard InChI is InChI=1S/C16H29N5O2.2ClH/c1-13(16-18-14(2)19-23-16)20-9-11-21(12-10-20)15(22)7-5-3-4-6-8-17;;/h13H,3-12,17H2,1-2H3;2*1H. The Labute approximate surface area is 162 Å². The number of halogens is 2. The number of rotatable bonds is 8. The van der Waals surface area contributed by atoms with Gasteiger partial charge in [-0.3, -0.25) is 9.69 Å². The molecule has 2 N–H and O–H groups in total. The van der Waals surface area contributed by atoms with Gasteiger partial charge in [0.2, 0.25) is 11.8 Å². The molecule has 1 amide bonds. The molecule has 0 aliphatic carbocycles. The molecule has 1 aromatic rings. The topological polar surface area (TPSA) is 88.5 Å². The number of piperazine rings is 1. The molecule has 1 atom stereocenters. The molecule has 7 nitrogen and oxygen atoms in total. The van der Waals surface area contributed by atoms with E-state index in [0.717, 1.165) is 58.4 Å². The lowest BCUT2D eigenvalue weighted by molar-refractivity contribution is -0.133. The van der Waals surface area contributed by atoms with Crippen molar-refractivity contribution in [3.63, 3.8) is 0 Å². The summed E-state index contributed by atoms with van der Waals surface area (Å²) in [5.74, 6) is 1.59. The van der Waals surface area contributed by atoms with Crippen molar-refractivity contribution in [2.75, 3.05) is 32.7 Å². The van der Waals surface area contributed by atoms with Crippen LogP contribution < -0.4 is 5.73 Å². The molecule has 146 valence electrons. The first-order valence-electron chi connectivity index (χ1n) is 8.64. The number of carbonyl (C=O) groups excluding carboxylic acids is 1. The van der Waals surface area contributed by atoms with Gasteiger partial charge in [0.05, 0.1) is 6.04 Å². The highest BCUT2D eigenvalue weighted by atomic mass is 35.5. The van der Waals surface area contributed by atoms with Gasteiger partial charge in [0, 0.05) is 32.6 Å². The van der Waals surface area contributed by atoms with E-state index in [1.165, 1.54) is 0 Å². The summed E-state index contributed by atoms with van der Waals surface area (Å²) in [6.07, 6.45) is 4.90. The molecule has 25 heavy (non-hydrogen) atoms. The van der Waals surface area contributed by atoms with E-state index >= 15 is 0 Å². The van der Waals surface area contributed by atoms with E-state index in [4.69, 9.17) is 10.3 Å². The maximum atomic E-state index is 12.2. The molecule has 1 aliphatic rings. The molecule has 1 aliphatic heterocycles. The van der Waals surface area contributed by atoms with Gasteiger partial charge in [-0.05, 0) is 33.2 Å². The number of hydrogen-bond donors (Lipinski definition) is 1. The fourth-order valence-corrected chi connectivity index (χ4v) is 2.93. The van der Waals surface area contributed by atoms with Crippen LogP contribution in [-0.4, -0.2) is 58.6 Å². The van der Waals surface area contributed by atoms with Gasteiger partial charge in [-0.1, -0.05) is 18.0 Å². The lowest BCUT2D eigenvalue weighted by Gasteiger charge is -2.36. The fourth-order valence-electron chi connectivity index (χ4n) is 2.93. The van der Waals surface area contributed by atoms with Crippen molar-refractivity contribution in [1.29, 1.82) is 0 Å². The summed E-state index contributed by atoms with van der Waals surface area (Å²) in [7, 11) is 0. The van der Waals surface area contributed by atoms with Crippen molar-refractivity contribution < 1.29 is 9.32 Å². The van der Waals surface area contributed by atoms with Gasteiger partial charge >= 0.3 is 0 Å². The van der Waals surface area contributed by atoms with E-state index in [9.17, 15) is 4.79 Å². The molecule has 0 spiro atoms. The van der Waals surface area contributed by atoms with Gasteiger partial charge < -0.3 is 15.2 Å². The second-order valence-electron chi connectivity index (χ2n) is 6.23. The molecule has 0 aromatic carbocycles. The molecule has 1 unspecified atom stereocenters. The Kier molecular flexibility index (Phi) is 12.0. The van der Waals surface area contributed by atoms with Gasteiger partial charge in [0.15, 0.2) is 5.82 Å². The van der Waals surface area contributed by atoms with Crippen molar-refractivity contribution in [3.8, 4) is 0 Å². The first kappa shape index (κ1) is 24.1. The highest BCUT2D eigenvalue weighted by Gasteiger charge is 2.27. The summed E-state index contributed by atoms with van der Waals surface area (Å²) in [6.45, 7) is 7.89. The molecule has 2 heterocycles. The number of nitrogens with zero attached hydrogens (tertiary/aromatic N) is 4. The second kappa shape index (κ2) is 12.5. The number of aryl methyl sites for hydroxylation is 1. The Balaban J connectivity index is 0.00000288. The van der Waals surface area contributed by atoms with Crippen LogP contribution in [-0.2, 0) is 4.79 Å². The minimum atomic E-state index is 0. The number of hydrogen-bond acceptors (Lipinski definition) is 6. The van der Waals surface area contributed by atoms with Crippen molar-refractivity contribution in [2.45, 2.75) is 52.0 Å². The Morgan fingerprint density at radius 2 is 1.80 bits per heavy atom. The monoisotopic (exact) mass is 395 g/mol. The van der Waals surface area contributed by atoms with Crippen LogP contribution in [0.4, 0.5) is 0 Å². The van der Waals surface area contributed by atoms with Crippen LogP contribution in [0.2, 0.25) is 0 Å². The van der Waals surface area contributed by atoms with Crippen LogP contribution in [0.5, 0.6) is 0 Å². The van der Waals surface area contributed by atoms with Crippen molar-refractivity contribution >= 4 is 30.7 Å². The molecular formula is C16H31Cl2N5O2. The van der Waals surface area contributed by atoms with Crippen LogP contribution >= 0.6 is 24.8 Å². The molecule has 1 fully saturated rings. The normalized spacial score (nSPS) is 16.0. The third kappa shape index (κ3) is 7.48.